The Balaban J connectivity index is 1.57. The molecule has 0 unspecified atom stereocenters. The number of hydrogen-bond donors (Lipinski definition) is 2. The normalized spacial score (nSPS) is 10.4. The minimum atomic E-state index is -0.298. The summed E-state index contributed by atoms with van der Waals surface area (Å²) in [5.74, 6) is -0.0702. The van der Waals surface area contributed by atoms with Crippen molar-refractivity contribution in [2.45, 2.75) is 6.42 Å². The third kappa shape index (κ3) is 5.00. The smallest absolute Gasteiger partial charge is 0.270 e. The molecule has 3 rings (SSSR count). The van der Waals surface area contributed by atoms with Crippen LogP contribution in [0.5, 0.6) is 0 Å². The van der Waals surface area contributed by atoms with E-state index in [1.54, 1.807) is 30.3 Å². The zero-order valence-corrected chi connectivity index (χ0v) is 14.5. The number of carbonyl (C=O) groups excluding carboxylic acids is 1. The lowest BCUT2D eigenvalue weighted by Crippen LogP contribution is -2.26. The predicted octanol–water partition coefficient (Wildman–Crippen LogP) is 3.99. The van der Waals surface area contributed by atoms with Crippen LogP contribution in [0.4, 0.5) is 15.9 Å². The van der Waals surface area contributed by atoms with E-state index in [1.807, 2.05) is 12.1 Å². The van der Waals surface area contributed by atoms with Gasteiger partial charge in [0.2, 0.25) is 0 Å². The minimum Gasteiger partial charge on any atom is -0.350 e. The van der Waals surface area contributed by atoms with Crippen molar-refractivity contribution in [3.63, 3.8) is 0 Å². The lowest BCUT2D eigenvalue weighted by molar-refractivity contribution is 0.0949. The number of nitrogens with one attached hydrogen (secondary N) is 2. The second-order valence-corrected chi connectivity index (χ2v) is 5.99. The molecule has 7 heteroatoms. The molecule has 0 fully saturated rings. The van der Waals surface area contributed by atoms with E-state index in [0.29, 0.717) is 23.8 Å². The van der Waals surface area contributed by atoms with E-state index in [9.17, 15) is 9.18 Å². The van der Waals surface area contributed by atoms with Gasteiger partial charge in [-0.1, -0.05) is 23.7 Å². The molecule has 0 atom stereocenters. The number of halogens is 2. The van der Waals surface area contributed by atoms with Crippen LogP contribution in [0.25, 0.3) is 0 Å². The Hall–Kier alpha value is -2.99. The van der Waals surface area contributed by atoms with Crippen LogP contribution < -0.4 is 10.6 Å². The van der Waals surface area contributed by atoms with Gasteiger partial charge >= 0.3 is 0 Å². The first kappa shape index (κ1) is 17.8. The van der Waals surface area contributed by atoms with Gasteiger partial charge in [0.1, 0.15) is 23.7 Å². The summed E-state index contributed by atoms with van der Waals surface area (Å²) < 4.78 is 12.9. The zero-order chi connectivity index (χ0) is 18.4. The van der Waals surface area contributed by atoms with E-state index in [1.165, 1.54) is 18.5 Å². The number of carbonyl (C=O) groups is 1. The largest absolute Gasteiger partial charge is 0.350 e. The molecular weight excluding hydrogens is 355 g/mol. The molecule has 1 amide bonds. The first-order valence-corrected chi connectivity index (χ1v) is 8.35. The Bertz CT molecular complexity index is 885. The second kappa shape index (κ2) is 8.40. The van der Waals surface area contributed by atoms with Crippen molar-refractivity contribution in [1.82, 2.24) is 15.3 Å². The highest BCUT2D eigenvalue weighted by molar-refractivity contribution is 6.30. The number of benzene rings is 2. The van der Waals surface area contributed by atoms with E-state index in [2.05, 4.69) is 20.6 Å². The number of amides is 1. The molecule has 132 valence electrons. The molecule has 1 aromatic heterocycles. The van der Waals surface area contributed by atoms with Gasteiger partial charge in [-0.3, -0.25) is 4.79 Å². The summed E-state index contributed by atoms with van der Waals surface area (Å²) in [4.78, 5) is 20.3. The molecule has 0 saturated carbocycles. The summed E-state index contributed by atoms with van der Waals surface area (Å²) in [6.07, 6.45) is 1.93. The third-order valence-corrected chi connectivity index (χ3v) is 3.88. The Morgan fingerprint density at radius 1 is 1.04 bits per heavy atom. The van der Waals surface area contributed by atoms with Gasteiger partial charge in [-0.2, -0.15) is 0 Å². The van der Waals surface area contributed by atoms with Gasteiger partial charge in [0.05, 0.1) is 0 Å². The third-order valence-electron chi connectivity index (χ3n) is 3.63. The van der Waals surface area contributed by atoms with Gasteiger partial charge in [0.15, 0.2) is 0 Å². The Kier molecular flexibility index (Phi) is 5.76. The standard InChI is InChI=1S/C19H16ClFN4O/c20-14-3-7-16(8-4-14)25-18-11-17(23-12-24-18)19(26)22-10-9-13-1-5-15(21)6-2-13/h1-8,11-12H,9-10H2,(H,22,26)(H,23,24,25). The molecule has 26 heavy (non-hydrogen) atoms. The van der Waals surface area contributed by atoms with Gasteiger partial charge in [0, 0.05) is 23.3 Å². The fourth-order valence-corrected chi connectivity index (χ4v) is 2.42. The molecule has 2 N–H and O–H groups in total. The highest BCUT2D eigenvalue weighted by Gasteiger charge is 2.08. The van der Waals surface area contributed by atoms with Crippen molar-refractivity contribution in [3.8, 4) is 0 Å². The zero-order valence-electron chi connectivity index (χ0n) is 13.7. The van der Waals surface area contributed by atoms with Crippen LogP contribution in [-0.2, 0) is 6.42 Å². The SMILES string of the molecule is O=C(NCCc1ccc(F)cc1)c1cc(Nc2ccc(Cl)cc2)ncn1. The molecule has 0 bridgehead atoms. The molecule has 0 radical (unpaired) electrons. The maximum absolute atomic E-state index is 12.9. The lowest BCUT2D eigenvalue weighted by Gasteiger charge is -2.08. The molecule has 5 nitrogen and oxygen atoms in total. The van der Waals surface area contributed by atoms with Crippen LogP contribution in [-0.4, -0.2) is 22.4 Å². The monoisotopic (exact) mass is 370 g/mol. The van der Waals surface area contributed by atoms with E-state index in [4.69, 9.17) is 11.6 Å². The maximum Gasteiger partial charge on any atom is 0.270 e. The van der Waals surface area contributed by atoms with Crippen LogP contribution in [0.3, 0.4) is 0 Å². The van der Waals surface area contributed by atoms with Gasteiger partial charge in [-0.15, -0.1) is 0 Å². The number of nitrogens with zero attached hydrogens (tertiary/aromatic N) is 2. The van der Waals surface area contributed by atoms with Gasteiger partial charge in [0.25, 0.3) is 5.91 Å². The van der Waals surface area contributed by atoms with Crippen LogP contribution in [0.2, 0.25) is 5.02 Å². The van der Waals surface area contributed by atoms with E-state index >= 15 is 0 Å². The molecule has 0 saturated heterocycles. The summed E-state index contributed by atoms with van der Waals surface area (Å²) >= 11 is 5.86. The molecule has 0 aliphatic carbocycles. The Morgan fingerprint density at radius 2 is 1.77 bits per heavy atom. The number of hydrogen-bond acceptors (Lipinski definition) is 4. The maximum atomic E-state index is 12.9. The Labute approximate surface area is 155 Å². The van der Waals surface area contributed by atoms with Crippen molar-refractivity contribution >= 4 is 29.0 Å². The predicted molar refractivity (Wildman–Crippen MR) is 99.2 cm³/mol. The number of rotatable bonds is 6. The summed E-state index contributed by atoms with van der Waals surface area (Å²) in [6.45, 7) is 0.425. The van der Waals surface area contributed by atoms with E-state index in [-0.39, 0.29) is 17.4 Å². The summed E-state index contributed by atoms with van der Waals surface area (Å²) in [6, 6.07) is 14.9. The Morgan fingerprint density at radius 3 is 2.50 bits per heavy atom. The lowest BCUT2D eigenvalue weighted by atomic mass is 10.1. The summed E-state index contributed by atoms with van der Waals surface area (Å²) in [5, 5.41) is 6.52. The first-order valence-electron chi connectivity index (χ1n) is 7.97. The van der Waals surface area contributed by atoms with E-state index < -0.39 is 0 Å². The highest BCUT2D eigenvalue weighted by atomic mass is 35.5. The van der Waals surface area contributed by atoms with E-state index in [0.717, 1.165) is 11.3 Å². The summed E-state index contributed by atoms with van der Waals surface area (Å²) in [7, 11) is 0. The van der Waals surface area contributed by atoms with Crippen molar-refractivity contribution < 1.29 is 9.18 Å². The van der Waals surface area contributed by atoms with Crippen LogP contribution in [0.1, 0.15) is 16.1 Å². The highest BCUT2D eigenvalue weighted by Crippen LogP contribution is 2.17. The summed E-state index contributed by atoms with van der Waals surface area (Å²) in [5.41, 5.74) is 2.01. The fraction of sp³-hybridized carbons (Fsp3) is 0.105. The van der Waals surface area contributed by atoms with Crippen molar-refractivity contribution in [1.29, 1.82) is 0 Å². The number of anilines is 2. The molecule has 3 aromatic rings. The molecule has 0 aliphatic heterocycles. The van der Waals surface area contributed by atoms with Gasteiger partial charge in [-0.25, -0.2) is 14.4 Å². The van der Waals surface area contributed by atoms with Crippen molar-refractivity contribution in [3.05, 3.63) is 83.0 Å². The van der Waals surface area contributed by atoms with Crippen LogP contribution >= 0.6 is 11.6 Å². The minimum absolute atomic E-state index is 0.260. The van der Waals surface area contributed by atoms with Crippen LogP contribution in [0.15, 0.2) is 60.9 Å². The second-order valence-electron chi connectivity index (χ2n) is 5.55. The van der Waals surface area contributed by atoms with Crippen LogP contribution in [0, 0.1) is 5.82 Å². The van der Waals surface area contributed by atoms with Crippen molar-refractivity contribution in [2.75, 3.05) is 11.9 Å². The fourth-order valence-electron chi connectivity index (χ4n) is 2.29. The quantitative estimate of drug-likeness (QED) is 0.688. The molecule has 2 aromatic carbocycles. The molecule has 0 spiro atoms. The average Bonchev–Trinajstić information content (AvgIpc) is 2.65. The number of aromatic nitrogens is 2. The molecule has 1 heterocycles. The molecular formula is C19H16ClFN4O. The first-order chi connectivity index (χ1) is 12.6. The van der Waals surface area contributed by atoms with Crippen molar-refractivity contribution in [2.24, 2.45) is 0 Å². The topological polar surface area (TPSA) is 66.9 Å². The van der Waals surface area contributed by atoms with Gasteiger partial charge in [-0.05, 0) is 48.4 Å². The molecule has 0 aliphatic rings. The average molecular weight is 371 g/mol. The van der Waals surface area contributed by atoms with Gasteiger partial charge < -0.3 is 10.6 Å².